The average Bonchev–Trinajstić information content (AvgIpc) is 2.17. The van der Waals surface area contributed by atoms with E-state index in [4.69, 9.17) is 10.00 Å². The van der Waals surface area contributed by atoms with Gasteiger partial charge >= 0.3 is 0 Å². The second-order valence-electron chi connectivity index (χ2n) is 2.94. The van der Waals surface area contributed by atoms with Gasteiger partial charge in [0.2, 0.25) is 0 Å². The molecule has 13 heavy (non-hydrogen) atoms. The van der Waals surface area contributed by atoms with E-state index in [1.807, 2.05) is 6.07 Å². The van der Waals surface area contributed by atoms with Gasteiger partial charge < -0.3 is 4.74 Å². The number of hydrogen-bond acceptors (Lipinski definition) is 3. The summed E-state index contributed by atoms with van der Waals surface area (Å²) in [6, 6.07) is 7.16. The number of ether oxygens (including phenoxy) is 1. The third kappa shape index (κ3) is 1.38. The van der Waals surface area contributed by atoms with Crippen molar-refractivity contribution >= 4 is 5.78 Å². The standard InChI is InChI=1S/C10H7NO2/c11-5-7-1-2-8-4-9(12)6-13-10(8)3-7/h1-3H,4,6H2. The van der Waals surface area contributed by atoms with Crippen LogP contribution in [0.5, 0.6) is 5.75 Å². The first-order valence-corrected chi connectivity index (χ1v) is 3.97. The molecule has 1 aromatic carbocycles. The van der Waals surface area contributed by atoms with E-state index in [2.05, 4.69) is 0 Å². The number of nitriles is 1. The summed E-state index contributed by atoms with van der Waals surface area (Å²) in [4.78, 5) is 11.0. The molecule has 0 amide bonds. The zero-order chi connectivity index (χ0) is 9.26. The van der Waals surface area contributed by atoms with Crippen LogP contribution in [0, 0.1) is 11.3 Å². The van der Waals surface area contributed by atoms with Crippen molar-refractivity contribution in [1.29, 1.82) is 5.26 Å². The van der Waals surface area contributed by atoms with Gasteiger partial charge in [-0.2, -0.15) is 5.26 Å². The van der Waals surface area contributed by atoms with Gasteiger partial charge in [-0.1, -0.05) is 6.07 Å². The Kier molecular flexibility index (Phi) is 1.75. The Hall–Kier alpha value is -1.82. The summed E-state index contributed by atoms with van der Waals surface area (Å²) in [7, 11) is 0. The number of nitrogens with zero attached hydrogens (tertiary/aromatic N) is 1. The van der Waals surface area contributed by atoms with Crippen molar-refractivity contribution in [2.75, 3.05) is 6.61 Å². The minimum atomic E-state index is 0.0807. The molecule has 1 aromatic rings. The summed E-state index contributed by atoms with van der Waals surface area (Å²) in [6.07, 6.45) is 0.418. The zero-order valence-electron chi connectivity index (χ0n) is 6.91. The summed E-state index contributed by atoms with van der Waals surface area (Å²) in [5.74, 6) is 0.746. The van der Waals surface area contributed by atoms with Crippen molar-refractivity contribution in [3.63, 3.8) is 0 Å². The third-order valence-corrected chi connectivity index (χ3v) is 1.97. The molecule has 0 spiro atoms. The van der Waals surface area contributed by atoms with Crippen molar-refractivity contribution in [1.82, 2.24) is 0 Å². The van der Waals surface area contributed by atoms with Gasteiger partial charge in [-0.25, -0.2) is 0 Å². The van der Waals surface area contributed by atoms with E-state index in [-0.39, 0.29) is 12.4 Å². The van der Waals surface area contributed by atoms with Gasteiger partial charge in [0.05, 0.1) is 11.6 Å². The highest BCUT2D eigenvalue weighted by Gasteiger charge is 2.16. The van der Waals surface area contributed by atoms with E-state index >= 15 is 0 Å². The number of fused-ring (bicyclic) bond motifs is 1. The molecule has 0 fully saturated rings. The molecular weight excluding hydrogens is 166 g/mol. The first-order chi connectivity index (χ1) is 6.29. The summed E-state index contributed by atoms with van der Waals surface area (Å²) < 4.78 is 5.18. The van der Waals surface area contributed by atoms with Gasteiger partial charge in [-0.3, -0.25) is 4.79 Å². The highest BCUT2D eigenvalue weighted by atomic mass is 16.5. The van der Waals surface area contributed by atoms with Gasteiger partial charge in [0.25, 0.3) is 0 Å². The SMILES string of the molecule is N#Cc1ccc2c(c1)OCC(=O)C2. The van der Waals surface area contributed by atoms with E-state index in [1.54, 1.807) is 18.2 Å². The van der Waals surface area contributed by atoms with Crippen molar-refractivity contribution in [3.8, 4) is 11.8 Å². The van der Waals surface area contributed by atoms with Crippen LogP contribution in [0.2, 0.25) is 0 Å². The lowest BCUT2D eigenvalue weighted by Gasteiger charge is -2.15. The lowest BCUT2D eigenvalue weighted by atomic mass is 10.0. The van der Waals surface area contributed by atoms with Gasteiger partial charge in [0, 0.05) is 12.0 Å². The second kappa shape index (κ2) is 2.91. The number of Topliss-reactive ketones (excluding diaryl/α,β-unsaturated/α-hetero) is 1. The number of carbonyl (C=O) groups excluding carboxylic acids is 1. The normalized spacial score (nSPS) is 14.2. The molecule has 0 saturated heterocycles. The number of benzene rings is 1. The molecule has 0 aliphatic carbocycles. The summed E-state index contributed by atoms with van der Waals surface area (Å²) in [5, 5.41) is 8.62. The highest BCUT2D eigenvalue weighted by Crippen LogP contribution is 2.24. The molecule has 0 N–H and O–H groups in total. The molecule has 64 valence electrons. The maximum atomic E-state index is 11.0. The van der Waals surface area contributed by atoms with Crippen LogP contribution in [0.4, 0.5) is 0 Å². The lowest BCUT2D eigenvalue weighted by molar-refractivity contribution is -0.121. The molecule has 0 aromatic heterocycles. The molecular formula is C10H7NO2. The first kappa shape index (κ1) is 7.81. The number of rotatable bonds is 0. The Morgan fingerprint density at radius 1 is 1.46 bits per heavy atom. The molecule has 3 nitrogen and oxygen atoms in total. The van der Waals surface area contributed by atoms with E-state index in [0.29, 0.717) is 17.7 Å². The zero-order valence-corrected chi connectivity index (χ0v) is 6.91. The molecule has 2 rings (SSSR count). The predicted molar refractivity (Wildman–Crippen MR) is 45.4 cm³/mol. The van der Waals surface area contributed by atoms with E-state index in [1.165, 1.54) is 0 Å². The lowest BCUT2D eigenvalue weighted by Crippen LogP contribution is -2.20. The number of hydrogen-bond donors (Lipinski definition) is 0. The monoisotopic (exact) mass is 173 g/mol. The van der Waals surface area contributed by atoms with E-state index in [9.17, 15) is 4.79 Å². The summed E-state index contributed by atoms with van der Waals surface area (Å²) in [5.41, 5.74) is 1.43. The Balaban J connectivity index is 2.43. The largest absolute Gasteiger partial charge is 0.485 e. The number of carbonyl (C=O) groups is 1. The minimum Gasteiger partial charge on any atom is -0.485 e. The smallest absolute Gasteiger partial charge is 0.174 e. The van der Waals surface area contributed by atoms with Gasteiger partial charge in [0.1, 0.15) is 12.4 Å². The fraction of sp³-hybridized carbons (Fsp3) is 0.200. The van der Waals surface area contributed by atoms with Crippen LogP contribution in [0.1, 0.15) is 11.1 Å². The molecule has 0 bridgehead atoms. The quantitative estimate of drug-likeness (QED) is 0.589. The van der Waals surface area contributed by atoms with Gasteiger partial charge in [0.15, 0.2) is 5.78 Å². The van der Waals surface area contributed by atoms with Crippen molar-refractivity contribution in [2.45, 2.75) is 6.42 Å². The predicted octanol–water partition coefficient (Wildman–Crippen LogP) is 1.06. The topological polar surface area (TPSA) is 50.1 Å². The molecule has 0 saturated carbocycles. The van der Waals surface area contributed by atoms with Crippen LogP contribution in [0.25, 0.3) is 0 Å². The van der Waals surface area contributed by atoms with E-state index < -0.39 is 0 Å². The fourth-order valence-electron chi connectivity index (χ4n) is 1.33. The molecule has 1 heterocycles. The fourth-order valence-corrected chi connectivity index (χ4v) is 1.33. The maximum Gasteiger partial charge on any atom is 0.174 e. The Morgan fingerprint density at radius 2 is 2.31 bits per heavy atom. The molecule has 0 radical (unpaired) electrons. The first-order valence-electron chi connectivity index (χ1n) is 3.97. The van der Waals surface area contributed by atoms with Crippen molar-refractivity contribution in [3.05, 3.63) is 29.3 Å². The molecule has 0 atom stereocenters. The average molecular weight is 173 g/mol. The molecule has 0 unspecified atom stereocenters. The van der Waals surface area contributed by atoms with Crippen LogP contribution >= 0.6 is 0 Å². The second-order valence-corrected chi connectivity index (χ2v) is 2.94. The van der Waals surface area contributed by atoms with Gasteiger partial charge in [-0.15, -0.1) is 0 Å². The van der Waals surface area contributed by atoms with E-state index in [0.717, 1.165) is 5.56 Å². The highest BCUT2D eigenvalue weighted by molar-refractivity contribution is 5.84. The molecule has 1 aliphatic rings. The third-order valence-electron chi connectivity index (χ3n) is 1.97. The van der Waals surface area contributed by atoms with Crippen LogP contribution in [0.3, 0.4) is 0 Å². The summed E-state index contributed by atoms with van der Waals surface area (Å²) in [6.45, 7) is 0.127. The molecule has 3 heteroatoms. The van der Waals surface area contributed by atoms with Crippen molar-refractivity contribution < 1.29 is 9.53 Å². The Bertz CT molecular complexity index is 404. The van der Waals surface area contributed by atoms with Crippen LogP contribution in [-0.4, -0.2) is 12.4 Å². The Labute approximate surface area is 75.6 Å². The maximum absolute atomic E-state index is 11.0. The van der Waals surface area contributed by atoms with Crippen molar-refractivity contribution in [2.24, 2.45) is 0 Å². The summed E-state index contributed by atoms with van der Waals surface area (Å²) >= 11 is 0. The van der Waals surface area contributed by atoms with Crippen LogP contribution in [-0.2, 0) is 11.2 Å². The molecule has 1 aliphatic heterocycles. The van der Waals surface area contributed by atoms with Crippen LogP contribution < -0.4 is 4.74 Å². The Morgan fingerprint density at radius 3 is 3.08 bits per heavy atom. The minimum absolute atomic E-state index is 0.0807. The van der Waals surface area contributed by atoms with Crippen LogP contribution in [0.15, 0.2) is 18.2 Å². The number of ketones is 1. The van der Waals surface area contributed by atoms with Gasteiger partial charge in [-0.05, 0) is 12.1 Å².